The van der Waals surface area contributed by atoms with E-state index in [1.807, 2.05) is 6.07 Å². The third-order valence-corrected chi connectivity index (χ3v) is 3.76. The van der Waals surface area contributed by atoms with Gasteiger partial charge in [-0.3, -0.25) is 0 Å². The average molecular weight is 299 g/mol. The first-order chi connectivity index (χ1) is 9.29. The normalized spacial score (nSPS) is 21.6. The van der Waals surface area contributed by atoms with Crippen molar-refractivity contribution >= 4 is 18.5 Å². The van der Waals surface area contributed by atoms with Crippen molar-refractivity contribution in [3.05, 3.63) is 35.9 Å². The molecule has 0 aromatic heterocycles. The number of benzene rings is 1. The van der Waals surface area contributed by atoms with E-state index in [1.165, 1.54) is 12.7 Å². The molecule has 2 rings (SSSR count). The van der Waals surface area contributed by atoms with Crippen molar-refractivity contribution < 1.29 is 9.53 Å². The van der Waals surface area contributed by atoms with E-state index in [4.69, 9.17) is 0 Å². The van der Waals surface area contributed by atoms with Gasteiger partial charge in [0.25, 0.3) is 0 Å². The van der Waals surface area contributed by atoms with Gasteiger partial charge in [0.1, 0.15) is 0 Å². The largest absolute Gasteiger partial charge is 0.453 e. The van der Waals surface area contributed by atoms with Gasteiger partial charge >= 0.3 is 6.09 Å². The molecule has 1 fully saturated rings. The van der Waals surface area contributed by atoms with Crippen molar-refractivity contribution in [2.24, 2.45) is 5.92 Å². The minimum Gasteiger partial charge on any atom is -0.453 e. The van der Waals surface area contributed by atoms with Crippen molar-refractivity contribution in [1.29, 1.82) is 0 Å². The minimum atomic E-state index is -0.335. The van der Waals surface area contributed by atoms with Gasteiger partial charge in [0.2, 0.25) is 0 Å². The van der Waals surface area contributed by atoms with Crippen LogP contribution in [0.4, 0.5) is 4.79 Å². The number of amides is 1. The van der Waals surface area contributed by atoms with Crippen molar-refractivity contribution in [2.45, 2.75) is 25.3 Å². The van der Waals surface area contributed by atoms with Crippen LogP contribution in [0.15, 0.2) is 30.3 Å². The van der Waals surface area contributed by atoms with E-state index >= 15 is 0 Å². The molecule has 0 saturated carbocycles. The van der Waals surface area contributed by atoms with E-state index in [-0.39, 0.29) is 24.5 Å². The fraction of sp³-hybridized carbons (Fsp3) is 0.533. The Bertz CT molecular complexity index is 400. The average Bonchev–Trinajstić information content (AvgIpc) is 2.47. The zero-order chi connectivity index (χ0) is 13.5. The van der Waals surface area contributed by atoms with Crippen LogP contribution in [0, 0.1) is 5.92 Å². The predicted octanol–water partition coefficient (Wildman–Crippen LogP) is 2.38. The quantitative estimate of drug-likeness (QED) is 0.897. The molecule has 1 amide bonds. The number of carbonyl (C=O) groups excluding carboxylic acids is 1. The Kier molecular flexibility index (Phi) is 7.41. The maximum Gasteiger partial charge on any atom is 0.407 e. The molecule has 20 heavy (non-hydrogen) atoms. The first-order valence-electron chi connectivity index (χ1n) is 6.88. The Morgan fingerprint density at radius 2 is 2.15 bits per heavy atom. The molecule has 1 aromatic carbocycles. The summed E-state index contributed by atoms with van der Waals surface area (Å²) < 4.78 is 4.69. The summed E-state index contributed by atoms with van der Waals surface area (Å²) in [5, 5.41) is 6.25. The van der Waals surface area contributed by atoms with Crippen LogP contribution in [0.2, 0.25) is 0 Å². The summed E-state index contributed by atoms with van der Waals surface area (Å²) >= 11 is 0. The Hall–Kier alpha value is -1.26. The number of carbonyl (C=O) groups is 1. The molecule has 0 spiro atoms. The highest BCUT2D eigenvalue weighted by molar-refractivity contribution is 5.85. The lowest BCUT2D eigenvalue weighted by Gasteiger charge is -2.32. The smallest absolute Gasteiger partial charge is 0.407 e. The Morgan fingerprint density at radius 1 is 1.40 bits per heavy atom. The molecule has 1 saturated heterocycles. The second-order valence-electron chi connectivity index (χ2n) is 5.02. The molecule has 1 aromatic rings. The Labute approximate surface area is 126 Å². The van der Waals surface area contributed by atoms with E-state index in [2.05, 4.69) is 39.6 Å². The van der Waals surface area contributed by atoms with Gasteiger partial charge in [-0.25, -0.2) is 4.79 Å². The van der Waals surface area contributed by atoms with Gasteiger partial charge in [0.15, 0.2) is 0 Å². The number of alkyl carbamates (subject to hydrolysis) is 1. The van der Waals surface area contributed by atoms with Gasteiger partial charge in [0.05, 0.1) is 7.11 Å². The first kappa shape index (κ1) is 16.8. The lowest BCUT2D eigenvalue weighted by atomic mass is 9.87. The molecule has 5 heteroatoms. The number of piperidine rings is 1. The number of nitrogens with one attached hydrogen (secondary N) is 2. The predicted molar refractivity (Wildman–Crippen MR) is 82.3 cm³/mol. The lowest BCUT2D eigenvalue weighted by Crippen LogP contribution is -2.51. The molecule has 2 unspecified atom stereocenters. The van der Waals surface area contributed by atoms with Crippen LogP contribution in [0.3, 0.4) is 0 Å². The van der Waals surface area contributed by atoms with E-state index < -0.39 is 0 Å². The highest BCUT2D eigenvalue weighted by Gasteiger charge is 2.26. The Morgan fingerprint density at radius 3 is 2.85 bits per heavy atom. The second kappa shape index (κ2) is 8.82. The first-order valence-corrected chi connectivity index (χ1v) is 6.88. The lowest BCUT2D eigenvalue weighted by molar-refractivity contribution is 0.155. The number of methoxy groups -OCH3 is 1. The van der Waals surface area contributed by atoms with Crippen LogP contribution in [-0.2, 0) is 11.2 Å². The third-order valence-electron chi connectivity index (χ3n) is 3.76. The van der Waals surface area contributed by atoms with Crippen molar-refractivity contribution in [3.8, 4) is 0 Å². The summed E-state index contributed by atoms with van der Waals surface area (Å²) in [6.45, 7) is 1.85. The summed E-state index contributed by atoms with van der Waals surface area (Å²) in [5.41, 5.74) is 1.36. The number of halogens is 1. The van der Waals surface area contributed by atoms with Crippen LogP contribution in [0.5, 0.6) is 0 Å². The van der Waals surface area contributed by atoms with Gasteiger partial charge in [0, 0.05) is 12.6 Å². The second-order valence-corrected chi connectivity index (χ2v) is 5.02. The van der Waals surface area contributed by atoms with Gasteiger partial charge in [-0.15, -0.1) is 12.4 Å². The van der Waals surface area contributed by atoms with Crippen LogP contribution < -0.4 is 10.6 Å². The minimum absolute atomic E-state index is 0. The van der Waals surface area contributed by atoms with Gasteiger partial charge in [-0.05, 0) is 37.3 Å². The number of rotatable bonds is 4. The zero-order valence-electron chi connectivity index (χ0n) is 11.8. The summed E-state index contributed by atoms with van der Waals surface area (Å²) in [7, 11) is 1.41. The van der Waals surface area contributed by atoms with Crippen molar-refractivity contribution in [3.63, 3.8) is 0 Å². The summed E-state index contributed by atoms with van der Waals surface area (Å²) in [5.74, 6) is 0.514. The number of hydrogen-bond acceptors (Lipinski definition) is 3. The molecule has 2 N–H and O–H groups in total. The molecule has 0 aliphatic carbocycles. The molecular weight excluding hydrogens is 276 g/mol. The van der Waals surface area contributed by atoms with Crippen molar-refractivity contribution in [1.82, 2.24) is 10.6 Å². The van der Waals surface area contributed by atoms with Crippen LogP contribution in [0.1, 0.15) is 18.4 Å². The maximum atomic E-state index is 11.3. The van der Waals surface area contributed by atoms with Crippen LogP contribution in [-0.4, -0.2) is 32.3 Å². The highest BCUT2D eigenvalue weighted by atomic mass is 35.5. The highest BCUT2D eigenvalue weighted by Crippen LogP contribution is 2.19. The number of ether oxygens (including phenoxy) is 1. The van der Waals surface area contributed by atoms with Crippen LogP contribution in [0.25, 0.3) is 0 Å². The number of hydrogen-bond donors (Lipinski definition) is 2. The topological polar surface area (TPSA) is 50.4 Å². The maximum absolute atomic E-state index is 11.3. The van der Waals surface area contributed by atoms with E-state index in [1.54, 1.807) is 0 Å². The molecule has 0 bridgehead atoms. The van der Waals surface area contributed by atoms with E-state index in [0.717, 1.165) is 32.4 Å². The molecule has 1 aliphatic heterocycles. The van der Waals surface area contributed by atoms with Gasteiger partial charge in [-0.1, -0.05) is 30.3 Å². The Balaban J connectivity index is 0.00000200. The van der Waals surface area contributed by atoms with Gasteiger partial charge < -0.3 is 15.4 Å². The van der Waals surface area contributed by atoms with E-state index in [0.29, 0.717) is 5.92 Å². The molecule has 1 aliphatic rings. The summed E-state index contributed by atoms with van der Waals surface area (Å²) in [6.07, 6.45) is 2.92. The fourth-order valence-corrected chi connectivity index (χ4v) is 2.63. The third kappa shape index (κ3) is 5.02. The van der Waals surface area contributed by atoms with Crippen molar-refractivity contribution in [2.75, 3.05) is 20.2 Å². The summed E-state index contributed by atoms with van der Waals surface area (Å²) in [6, 6.07) is 10.7. The molecule has 112 valence electrons. The molecular formula is C15H23ClN2O2. The zero-order valence-corrected chi connectivity index (χ0v) is 12.6. The monoisotopic (exact) mass is 298 g/mol. The number of aryl methyl sites for hydroxylation is 1. The molecule has 0 radical (unpaired) electrons. The molecule has 1 heterocycles. The molecule has 4 nitrogen and oxygen atoms in total. The fourth-order valence-electron chi connectivity index (χ4n) is 2.63. The van der Waals surface area contributed by atoms with Crippen LogP contribution >= 0.6 is 12.4 Å². The van der Waals surface area contributed by atoms with Gasteiger partial charge in [-0.2, -0.15) is 0 Å². The van der Waals surface area contributed by atoms with E-state index in [9.17, 15) is 4.79 Å². The SMILES string of the molecule is COC(=O)NC1CNCCC1CCc1ccccc1.Cl. The molecule has 2 atom stereocenters. The summed E-state index contributed by atoms with van der Waals surface area (Å²) in [4.78, 5) is 11.3. The standard InChI is InChI=1S/C15H22N2O2.ClH/c1-19-15(18)17-14-11-16-10-9-13(14)8-7-12-5-3-2-4-6-12;/h2-6,13-14,16H,7-11H2,1H3,(H,17,18);1H.